The molecule has 0 N–H and O–H groups in total. The van der Waals surface area contributed by atoms with Gasteiger partial charge in [-0.25, -0.2) is 15.0 Å². The summed E-state index contributed by atoms with van der Waals surface area (Å²) >= 11 is 5.99. The Morgan fingerprint density at radius 2 is 1.89 bits per heavy atom. The molecule has 5 heterocycles. The van der Waals surface area contributed by atoms with E-state index in [1.807, 2.05) is 30.3 Å². The van der Waals surface area contributed by atoms with Gasteiger partial charge in [-0.2, -0.15) is 10.2 Å². The third-order valence-corrected chi connectivity index (χ3v) is 7.40. The first kappa shape index (κ1) is 24.7. The van der Waals surface area contributed by atoms with E-state index in [1.54, 1.807) is 18.5 Å². The summed E-state index contributed by atoms with van der Waals surface area (Å²) in [4.78, 5) is 20.6. The molecule has 2 fully saturated rings. The van der Waals surface area contributed by atoms with Crippen molar-refractivity contribution in [1.82, 2.24) is 29.4 Å². The van der Waals surface area contributed by atoms with Gasteiger partial charge in [-0.3, -0.25) is 4.90 Å². The number of ether oxygens (including phenoxy) is 2. The Bertz CT molecular complexity index is 1450. The van der Waals surface area contributed by atoms with Crippen molar-refractivity contribution >= 4 is 22.6 Å². The predicted octanol–water partition coefficient (Wildman–Crippen LogP) is 4.17. The number of aromatic nitrogens is 5. The second kappa shape index (κ2) is 11.0. The first-order valence-electron chi connectivity index (χ1n) is 13.0. The molecule has 10 heteroatoms. The van der Waals surface area contributed by atoms with Crippen molar-refractivity contribution in [3.05, 3.63) is 76.7 Å². The zero-order chi connectivity index (χ0) is 25.9. The van der Waals surface area contributed by atoms with Gasteiger partial charge in [0.15, 0.2) is 0 Å². The molecule has 3 aromatic heterocycles. The molecule has 0 amide bonds. The smallest absolute Gasteiger partial charge is 0.216 e. The number of piperidine rings is 1. The maximum absolute atomic E-state index is 9.25. The minimum absolute atomic E-state index is 0.106. The quantitative estimate of drug-likeness (QED) is 0.335. The fraction of sp³-hybridized carbons (Fsp3) is 0.393. The van der Waals surface area contributed by atoms with Gasteiger partial charge in [0.25, 0.3) is 0 Å². The molecule has 0 radical (unpaired) electrons. The SMILES string of the molecule is N#Cc1cc2nc(CN3CCC(Oc4ccnc(Cc5ccc(Cl)cc5)n4)CC3)n(C[C@@H]3CCO3)c2cn1. The molecule has 4 aromatic rings. The number of hydrogen-bond donors (Lipinski definition) is 0. The first-order chi connectivity index (χ1) is 18.6. The Balaban J connectivity index is 1.08. The van der Waals surface area contributed by atoms with Crippen molar-refractivity contribution in [3.63, 3.8) is 0 Å². The van der Waals surface area contributed by atoms with Gasteiger partial charge in [0.1, 0.15) is 29.5 Å². The zero-order valence-corrected chi connectivity index (χ0v) is 21.7. The van der Waals surface area contributed by atoms with E-state index in [2.05, 4.69) is 30.5 Å². The number of benzene rings is 1. The highest BCUT2D eigenvalue weighted by Gasteiger charge is 2.25. The Hall–Kier alpha value is -3.58. The van der Waals surface area contributed by atoms with E-state index in [4.69, 9.17) is 26.1 Å². The van der Waals surface area contributed by atoms with Crippen LogP contribution >= 0.6 is 11.6 Å². The Kier molecular flexibility index (Phi) is 7.18. The summed E-state index contributed by atoms with van der Waals surface area (Å²) in [6.07, 6.45) is 7.32. The lowest BCUT2D eigenvalue weighted by Crippen LogP contribution is -2.39. The van der Waals surface area contributed by atoms with E-state index < -0.39 is 0 Å². The van der Waals surface area contributed by atoms with Crippen molar-refractivity contribution in [2.75, 3.05) is 19.7 Å². The number of halogens is 1. The molecule has 0 unspecified atom stereocenters. The number of nitrogens with zero attached hydrogens (tertiary/aromatic N) is 7. The molecule has 0 bridgehead atoms. The Labute approximate surface area is 226 Å². The molecule has 0 spiro atoms. The topological polar surface area (TPSA) is 102 Å². The van der Waals surface area contributed by atoms with Gasteiger partial charge >= 0.3 is 0 Å². The summed E-state index contributed by atoms with van der Waals surface area (Å²) < 4.78 is 14.1. The fourth-order valence-corrected chi connectivity index (χ4v) is 5.09. The maximum atomic E-state index is 9.25. The monoisotopic (exact) mass is 529 g/mol. The molecule has 2 saturated heterocycles. The number of rotatable bonds is 8. The lowest BCUT2D eigenvalue weighted by molar-refractivity contribution is -0.0592. The van der Waals surface area contributed by atoms with Crippen LogP contribution in [0.5, 0.6) is 5.88 Å². The highest BCUT2D eigenvalue weighted by molar-refractivity contribution is 6.30. The molecule has 194 valence electrons. The Morgan fingerprint density at radius 1 is 1.08 bits per heavy atom. The highest BCUT2D eigenvalue weighted by atomic mass is 35.5. The second-order valence-electron chi connectivity index (χ2n) is 9.80. The summed E-state index contributed by atoms with van der Waals surface area (Å²) in [6, 6.07) is 13.4. The molecule has 2 aliphatic heterocycles. The molecular formula is C28H28ClN7O2. The highest BCUT2D eigenvalue weighted by Crippen LogP contribution is 2.24. The van der Waals surface area contributed by atoms with Gasteiger partial charge in [0, 0.05) is 49.5 Å². The summed E-state index contributed by atoms with van der Waals surface area (Å²) in [5, 5.41) is 9.96. The fourth-order valence-electron chi connectivity index (χ4n) is 4.96. The number of fused-ring (bicyclic) bond motifs is 1. The molecule has 2 aliphatic rings. The van der Waals surface area contributed by atoms with Crippen LogP contribution in [0, 0.1) is 11.3 Å². The van der Waals surface area contributed by atoms with Crippen molar-refractivity contribution in [2.24, 2.45) is 0 Å². The number of hydrogen-bond acceptors (Lipinski definition) is 8. The molecule has 1 atom stereocenters. The van der Waals surface area contributed by atoms with Gasteiger partial charge in [0.05, 0.1) is 36.4 Å². The minimum atomic E-state index is 0.106. The van der Waals surface area contributed by atoms with Crippen molar-refractivity contribution in [2.45, 2.75) is 51.0 Å². The van der Waals surface area contributed by atoms with E-state index in [9.17, 15) is 5.26 Å². The van der Waals surface area contributed by atoms with Crippen LogP contribution in [0.1, 0.15) is 42.2 Å². The van der Waals surface area contributed by atoms with E-state index >= 15 is 0 Å². The average Bonchev–Trinajstić information content (AvgIpc) is 3.24. The first-order valence-corrected chi connectivity index (χ1v) is 13.3. The lowest BCUT2D eigenvalue weighted by Gasteiger charge is -2.32. The van der Waals surface area contributed by atoms with Crippen LogP contribution in [0.4, 0.5) is 0 Å². The van der Waals surface area contributed by atoms with E-state index in [0.29, 0.717) is 23.0 Å². The molecule has 1 aromatic carbocycles. The van der Waals surface area contributed by atoms with Gasteiger partial charge in [0.2, 0.25) is 5.88 Å². The average molecular weight is 530 g/mol. The van der Waals surface area contributed by atoms with Gasteiger partial charge in [-0.1, -0.05) is 23.7 Å². The number of imidazole rings is 1. The van der Waals surface area contributed by atoms with Crippen LogP contribution in [0.3, 0.4) is 0 Å². The normalized spacial score (nSPS) is 18.3. The van der Waals surface area contributed by atoms with Crippen LogP contribution < -0.4 is 4.74 Å². The van der Waals surface area contributed by atoms with Crippen LogP contribution in [0.2, 0.25) is 5.02 Å². The van der Waals surface area contributed by atoms with Crippen LogP contribution in [0.25, 0.3) is 11.0 Å². The number of nitriles is 1. The third-order valence-electron chi connectivity index (χ3n) is 7.15. The predicted molar refractivity (Wildman–Crippen MR) is 142 cm³/mol. The van der Waals surface area contributed by atoms with Crippen molar-refractivity contribution in [3.8, 4) is 11.9 Å². The molecule has 6 rings (SSSR count). The molecule has 38 heavy (non-hydrogen) atoms. The third kappa shape index (κ3) is 5.63. The van der Waals surface area contributed by atoms with E-state index in [-0.39, 0.29) is 12.2 Å². The summed E-state index contributed by atoms with van der Waals surface area (Å²) in [6.45, 7) is 4.10. The second-order valence-corrected chi connectivity index (χ2v) is 10.2. The standard InChI is InChI=1S/C28H28ClN7O2/c29-20-3-1-19(2-4-20)13-26-31-9-5-28(34-26)38-22-6-10-35(11-7-22)18-27-33-24-14-21(15-30)32-16-25(24)36(27)17-23-8-12-37-23/h1-5,9,14,16,22-23H,6-8,10-13,17-18H2/t23-/m0/s1. The largest absolute Gasteiger partial charge is 0.474 e. The minimum Gasteiger partial charge on any atom is -0.474 e. The van der Waals surface area contributed by atoms with Crippen molar-refractivity contribution in [1.29, 1.82) is 5.26 Å². The molecular weight excluding hydrogens is 502 g/mol. The van der Waals surface area contributed by atoms with Gasteiger partial charge in [-0.15, -0.1) is 0 Å². The zero-order valence-electron chi connectivity index (χ0n) is 21.0. The summed E-state index contributed by atoms with van der Waals surface area (Å²) in [5.41, 5.74) is 3.25. The molecule has 0 saturated carbocycles. The Morgan fingerprint density at radius 3 is 2.63 bits per heavy atom. The van der Waals surface area contributed by atoms with E-state index in [1.165, 1.54) is 0 Å². The maximum Gasteiger partial charge on any atom is 0.216 e. The van der Waals surface area contributed by atoms with Crippen molar-refractivity contribution < 1.29 is 9.47 Å². The molecule has 9 nitrogen and oxygen atoms in total. The van der Waals surface area contributed by atoms with Crippen LogP contribution in [-0.4, -0.2) is 61.3 Å². The van der Waals surface area contributed by atoms with Crippen LogP contribution in [0.15, 0.2) is 48.8 Å². The number of pyridine rings is 1. The molecule has 0 aliphatic carbocycles. The lowest BCUT2D eigenvalue weighted by atomic mass is 10.1. The van der Waals surface area contributed by atoms with E-state index in [0.717, 1.165) is 80.3 Å². The van der Waals surface area contributed by atoms with Crippen LogP contribution in [-0.2, 0) is 24.2 Å². The number of likely N-dealkylation sites (tertiary alicyclic amines) is 1. The van der Waals surface area contributed by atoms with Gasteiger partial charge in [-0.05, 0) is 37.0 Å². The summed E-state index contributed by atoms with van der Waals surface area (Å²) in [5.74, 6) is 2.32. The summed E-state index contributed by atoms with van der Waals surface area (Å²) in [7, 11) is 0. The van der Waals surface area contributed by atoms with Gasteiger partial charge < -0.3 is 14.0 Å².